The number of hydrogen-bond acceptors (Lipinski definition) is 3. The SMILES string of the molecule is CCCN(CC(=O)O)Cc1ccc(OCc2ccc(F)cc2)cc1. The molecule has 0 spiro atoms. The van der Waals surface area contributed by atoms with E-state index in [-0.39, 0.29) is 12.4 Å². The fraction of sp³-hybridized carbons (Fsp3) is 0.316. The summed E-state index contributed by atoms with van der Waals surface area (Å²) in [6.45, 7) is 3.78. The Kier molecular flexibility index (Phi) is 6.75. The highest BCUT2D eigenvalue weighted by atomic mass is 19.1. The topological polar surface area (TPSA) is 49.8 Å². The van der Waals surface area contributed by atoms with E-state index in [2.05, 4.69) is 0 Å². The number of carboxylic acids is 1. The molecule has 24 heavy (non-hydrogen) atoms. The Hall–Kier alpha value is -2.40. The van der Waals surface area contributed by atoms with Gasteiger partial charge in [-0.2, -0.15) is 0 Å². The number of aliphatic carboxylic acids is 1. The molecule has 1 N–H and O–H groups in total. The van der Waals surface area contributed by atoms with E-state index in [0.717, 1.165) is 29.8 Å². The number of nitrogens with zero attached hydrogens (tertiary/aromatic N) is 1. The standard InChI is InChI=1S/C19H22FNO3/c1-2-11-21(13-19(22)23)12-15-5-9-18(10-6-15)24-14-16-3-7-17(20)8-4-16/h3-10H,2,11-14H2,1H3,(H,22,23). The zero-order valence-corrected chi connectivity index (χ0v) is 13.7. The minimum Gasteiger partial charge on any atom is -0.489 e. The fourth-order valence-electron chi connectivity index (χ4n) is 2.42. The van der Waals surface area contributed by atoms with Crippen LogP contribution in [0.4, 0.5) is 4.39 Å². The average Bonchev–Trinajstić information content (AvgIpc) is 2.55. The molecule has 0 amide bonds. The maximum atomic E-state index is 12.9. The van der Waals surface area contributed by atoms with Crippen LogP contribution in [0.15, 0.2) is 48.5 Å². The van der Waals surface area contributed by atoms with Crippen molar-refractivity contribution in [2.24, 2.45) is 0 Å². The predicted octanol–water partition coefficient (Wildman–Crippen LogP) is 3.70. The Bertz CT molecular complexity index is 641. The normalized spacial score (nSPS) is 10.8. The monoisotopic (exact) mass is 331 g/mol. The van der Waals surface area contributed by atoms with Gasteiger partial charge in [0.2, 0.25) is 0 Å². The van der Waals surface area contributed by atoms with Gasteiger partial charge >= 0.3 is 5.97 Å². The second-order valence-corrected chi connectivity index (χ2v) is 5.66. The Morgan fingerprint density at radius 2 is 1.71 bits per heavy atom. The van der Waals surface area contributed by atoms with E-state index in [4.69, 9.17) is 9.84 Å². The lowest BCUT2D eigenvalue weighted by atomic mass is 10.2. The van der Waals surface area contributed by atoms with E-state index in [0.29, 0.717) is 13.2 Å². The first-order chi connectivity index (χ1) is 11.6. The number of hydrogen-bond donors (Lipinski definition) is 1. The molecule has 0 radical (unpaired) electrons. The molecule has 2 aromatic rings. The molecule has 5 heteroatoms. The summed E-state index contributed by atoms with van der Waals surface area (Å²) in [6.07, 6.45) is 0.909. The molecule has 4 nitrogen and oxygen atoms in total. The van der Waals surface area contributed by atoms with Gasteiger partial charge < -0.3 is 9.84 Å². The third-order valence-corrected chi connectivity index (χ3v) is 3.55. The maximum Gasteiger partial charge on any atom is 0.317 e. The van der Waals surface area contributed by atoms with Crippen molar-refractivity contribution in [3.05, 3.63) is 65.5 Å². The van der Waals surface area contributed by atoms with E-state index in [1.165, 1.54) is 12.1 Å². The van der Waals surface area contributed by atoms with Crippen molar-refractivity contribution in [3.63, 3.8) is 0 Å². The molecule has 0 aromatic heterocycles. The number of rotatable bonds is 9. The fourth-order valence-corrected chi connectivity index (χ4v) is 2.42. The van der Waals surface area contributed by atoms with Crippen molar-refractivity contribution in [3.8, 4) is 5.75 Å². The second kappa shape index (κ2) is 9.03. The van der Waals surface area contributed by atoms with Gasteiger partial charge in [0, 0.05) is 6.54 Å². The van der Waals surface area contributed by atoms with E-state index < -0.39 is 5.97 Å². The van der Waals surface area contributed by atoms with Crippen LogP contribution in [0.1, 0.15) is 24.5 Å². The number of benzene rings is 2. The van der Waals surface area contributed by atoms with Gasteiger partial charge in [-0.25, -0.2) is 4.39 Å². The minimum atomic E-state index is -0.817. The molecule has 0 atom stereocenters. The molecule has 128 valence electrons. The van der Waals surface area contributed by atoms with Crippen LogP contribution in [-0.2, 0) is 17.9 Å². The Morgan fingerprint density at radius 3 is 2.29 bits per heavy atom. The molecule has 0 bridgehead atoms. The second-order valence-electron chi connectivity index (χ2n) is 5.66. The van der Waals surface area contributed by atoms with Crippen LogP contribution < -0.4 is 4.74 Å². The molecule has 0 heterocycles. The van der Waals surface area contributed by atoms with Crippen molar-refractivity contribution in [1.29, 1.82) is 0 Å². The Balaban J connectivity index is 1.89. The summed E-state index contributed by atoms with van der Waals surface area (Å²) in [5.41, 5.74) is 1.94. The first-order valence-electron chi connectivity index (χ1n) is 7.97. The number of ether oxygens (including phenoxy) is 1. The summed E-state index contributed by atoms with van der Waals surface area (Å²) in [6, 6.07) is 13.8. The molecule has 0 aliphatic rings. The predicted molar refractivity (Wildman–Crippen MR) is 90.4 cm³/mol. The largest absolute Gasteiger partial charge is 0.489 e. The van der Waals surface area contributed by atoms with Crippen molar-refractivity contribution < 1.29 is 19.0 Å². The zero-order valence-electron chi connectivity index (χ0n) is 13.7. The summed E-state index contributed by atoms with van der Waals surface area (Å²) >= 11 is 0. The summed E-state index contributed by atoms with van der Waals surface area (Å²) in [7, 11) is 0. The molecule has 0 unspecified atom stereocenters. The van der Waals surface area contributed by atoms with E-state index in [1.54, 1.807) is 12.1 Å². The molecule has 0 aliphatic carbocycles. The number of carboxylic acid groups (broad SMARTS) is 1. The lowest BCUT2D eigenvalue weighted by molar-refractivity contribution is -0.138. The molecular formula is C19H22FNO3. The van der Waals surface area contributed by atoms with Gasteiger partial charge in [-0.3, -0.25) is 9.69 Å². The highest BCUT2D eigenvalue weighted by Gasteiger charge is 2.09. The molecule has 0 fully saturated rings. The third kappa shape index (κ3) is 6.01. The average molecular weight is 331 g/mol. The Morgan fingerprint density at radius 1 is 1.08 bits per heavy atom. The molecular weight excluding hydrogens is 309 g/mol. The van der Waals surface area contributed by atoms with Gasteiger partial charge in [0.15, 0.2) is 0 Å². The first kappa shape index (κ1) is 17.9. The van der Waals surface area contributed by atoms with E-state index in [1.807, 2.05) is 36.1 Å². The Labute approximate surface area is 141 Å². The van der Waals surface area contributed by atoms with Crippen LogP contribution in [0.5, 0.6) is 5.75 Å². The summed E-state index contributed by atoms with van der Waals surface area (Å²) in [4.78, 5) is 12.8. The third-order valence-electron chi connectivity index (χ3n) is 3.55. The van der Waals surface area contributed by atoms with Crippen LogP contribution in [-0.4, -0.2) is 29.1 Å². The molecule has 0 aliphatic heterocycles. The van der Waals surface area contributed by atoms with E-state index in [9.17, 15) is 9.18 Å². The van der Waals surface area contributed by atoms with Crippen molar-refractivity contribution in [2.45, 2.75) is 26.5 Å². The van der Waals surface area contributed by atoms with Gasteiger partial charge in [-0.1, -0.05) is 31.2 Å². The van der Waals surface area contributed by atoms with Gasteiger partial charge in [0.25, 0.3) is 0 Å². The van der Waals surface area contributed by atoms with Crippen LogP contribution in [0.3, 0.4) is 0 Å². The van der Waals surface area contributed by atoms with Crippen LogP contribution in [0.2, 0.25) is 0 Å². The van der Waals surface area contributed by atoms with Gasteiger partial charge in [-0.15, -0.1) is 0 Å². The van der Waals surface area contributed by atoms with Crippen LogP contribution >= 0.6 is 0 Å². The van der Waals surface area contributed by atoms with Gasteiger partial charge in [0.05, 0.1) is 6.54 Å². The molecule has 0 saturated carbocycles. The quantitative estimate of drug-likeness (QED) is 0.761. The van der Waals surface area contributed by atoms with Crippen molar-refractivity contribution in [2.75, 3.05) is 13.1 Å². The lowest BCUT2D eigenvalue weighted by Crippen LogP contribution is -2.30. The lowest BCUT2D eigenvalue weighted by Gasteiger charge is -2.19. The smallest absolute Gasteiger partial charge is 0.317 e. The summed E-state index contributed by atoms with van der Waals surface area (Å²) < 4.78 is 18.5. The highest BCUT2D eigenvalue weighted by molar-refractivity contribution is 5.69. The van der Waals surface area contributed by atoms with Gasteiger partial charge in [0.1, 0.15) is 18.2 Å². The zero-order chi connectivity index (χ0) is 17.4. The number of carbonyl (C=O) groups is 1. The van der Waals surface area contributed by atoms with Gasteiger partial charge in [-0.05, 0) is 48.4 Å². The first-order valence-corrected chi connectivity index (χ1v) is 7.97. The summed E-state index contributed by atoms with van der Waals surface area (Å²) in [5.74, 6) is -0.354. The maximum absolute atomic E-state index is 12.9. The highest BCUT2D eigenvalue weighted by Crippen LogP contribution is 2.16. The summed E-state index contributed by atoms with van der Waals surface area (Å²) in [5, 5.41) is 8.94. The van der Waals surface area contributed by atoms with Crippen molar-refractivity contribution >= 4 is 5.97 Å². The van der Waals surface area contributed by atoms with Crippen molar-refractivity contribution in [1.82, 2.24) is 4.90 Å². The minimum absolute atomic E-state index is 0.0384. The molecule has 0 saturated heterocycles. The van der Waals surface area contributed by atoms with Crippen LogP contribution in [0, 0.1) is 5.82 Å². The van der Waals surface area contributed by atoms with Crippen LogP contribution in [0.25, 0.3) is 0 Å². The number of halogens is 1. The molecule has 2 rings (SSSR count). The van der Waals surface area contributed by atoms with E-state index >= 15 is 0 Å². The molecule has 2 aromatic carbocycles.